The number of amides is 2. The molecule has 0 saturated heterocycles. The molecule has 8 heteroatoms. The Labute approximate surface area is 153 Å². The first-order valence-electron chi connectivity index (χ1n) is 7.68. The summed E-state index contributed by atoms with van der Waals surface area (Å²) in [7, 11) is 1.87. The lowest BCUT2D eigenvalue weighted by Gasteiger charge is -2.22. The predicted octanol–water partition coefficient (Wildman–Crippen LogP) is 3.09. The van der Waals surface area contributed by atoms with Crippen LogP contribution in [-0.2, 0) is 4.79 Å². The van der Waals surface area contributed by atoms with Gasteiger partial charge in [-0.1, -0.05) is 12.1 Å². The lowest BCUT2D eigenvalue weighted by Crippen LogP contribution is -2.32. The van der Waals surface area contributed by atoms with Crippen molar-refractivity contribution in [2.45, 2.75) is 13.0 Å². The molecule has 0 aliphatic carbocycles. The van der Waals surface area contributed by atoms with Gasteiger partial charge in [0.25, 0.3) is 5.91 Å². The molecule has 3 rings (SSSR count). The summed E-state index contributed by atoms with van der Waals surface area (Å²) in [5.74, 6) is -0.742. The van der Waals surface area contributed by atoms with Crippen LogP contribution in [0.15, 0.2) is 35.7 Å². The number of anilines is 1. The number of fused-ring (bicyclic) bond motifs is 1. The largest absolute Gasteiger partial charge is 0.366 e. The van der Waals surface area contributed by atoms with Gasteiger partial charge in [0.05, 0.1) is 28.4 Å². The highest BCUT2D eigenvalue weighted by atomic mass is 32.1. The summed E-state index contributed by atoms with van der Waals surface area (Å²) in [4.78, 5) is 30.2. The quantitative estimate of drug-likeness (QED) is 0.694. The van der Waals surface area contributed by atoms with Crippen molar-refractivity contribution in [2.24, 2.45) is 5.73 Å². The maximum absolute atomic E-state index is 12.3. The molecule has 0 fully saturated rings. The second-order valence-electron chi connectivity index (χ2n) is 5.69. The molecule has 6 nitrogen and oxygen atoms in total. The maximum Gasteiger partial charge on any atom is 0.251 e. The highest BCUT2D eigenvalue weighted by Gasteiger charge is 2.20. The molecule has 25 heavy (non-hydrogen) atoms. The van der Waals surface area contributed by atoms with E-state index in [0.717, 1.165) is 15.2 Å². The number of likely N-dealkylation sites (N-methyl/N-ethyl adjacent to an activating group) is 1. The van der Waals surface area contributed by atoms with Crippen LogP contribution in [0.25, 0.3) is 10.2 Å². The lowest BCUT2D eigenvalue weighted by molar-refractivity contribution is -0.117. The number of nitrogens with zero attached hydrogens (tertiary/aromatic N) is 2. The second-order valence-corrected chi connectivity index (χ2v) is 7.67. The van der Waals surface area contributed by atoms with Gasteiger partial charge in [-0.3, -0.25) is 14.5 Å². The molecule has 2 aromatic heterocycles. The van der Waals surface area contributed by atoms with E-state index in [4.69, 9.17) is 5.73 Å². The van der Waals surface area contributed by atoms with Crippen LogP contribution < -0.4 is 11.1 Å². The Morgan fingerprint density at radius 1 is 1.32 bits per heavy atom. The third-order valence-electron chi connectivity index (χ3n) is 3.91. The molecule has 2 heterocycles. The zero-order chi connectivity index (χ0) is 18.0. The molecule has 3 N–H and O–H groups in total. The first kappa shape index (κ1) is 17.5. The van der Waals surface area contributed by atoms with Gasteiger partial charge in [0, 0.05) is 0 Å². The normalized spacial score (nSPS) is 12.4. The zero-order valence-corrected chi connectivity index (χ0v) is 15.5. The van der Waals surface area contributed by atoms with E-state index >= 15 is 0 Å². The fourth-order valence-corrected chi connectivity index (χ4v) is 4.28. The van der Waals surface area contributed by atoms with Gasteiger partial charge < -0.3 is 11.1 Å². The summed E-state index contributed by atoms with van der Waals surface area (Å²) < 4.78 is 1.13. The number of hydrogen-bond donors (Lipinski definition) is 2. The van der Waals surface area contributed by atoms with Crippen LogP contribution in [0.4, 0.5) is 5.00 Å². The summed E-state index contributed by atoms with van der Waals surface area (Å²) >= 11 is 2.91. The third kappa shape index (κ3) is 3.87. The highest BCUT2D eigenvalue weighted by Crippen LogP contribution is 2.29. The monoisotopic (exact) mass is 374 g/mol. The number of nitrogens with two attached hydrogens (primary N) is 1. The summed E-state index contributed by atoms with van der Waals surface area (Å²) in [6.07, 6.45) is 0. The number of carbonyl (C=O) groups is 2. The van der Waals surface area contributed by atoms with Crippen molar-refractivity contribution >= 4 is 49.7 Å². The minimum atomic E-state index is -0.548. The van der Waals surface area contributed by atoms with Crippen molar-refractivity contribution in [1.82, 2.24) is 9.88 Å². The molecule has 3 aromatic rings. The SMILES string of the molecule is C[C@H](c1nc2ccccc2s1)N(C)CC(=O)Nc1sccc1C(N)=O. The number of rotatable bonds is 6. The average molecular weight is 374 g/mol. The summed E-state index contributed by atoms with van der Waals surface area (Å²) in [6, 6.07) is 9.58. The Balaban J connectivity index is 1.66. The van der Waals surface area contributed by atoms with Gasteiger partial charge in [-0.05, 0) is 37.6 Å². The number of thiazole rings is 1. The Morgan fingerprint density at radius 3 is 2.80 bits per heavy atom. The van der Waals surface area contributed by atoms with E-state index in [0.29, 0.717) is 10.6 Å². The molecule has 0 spiro atoms. The Morgan fingerprint density at radius 2 is 2.08 bits per heavy atom. The van der Waals surface area contributed by atoms with Crippen molar-refractivity contribution in [3.05, 3.63) is 46.3 Å². The van der Waals surface area contributed by atoms with Gasteiger partial charge in [0.15, 0.2) is 0 Å². The molecule has 0 aliphatic rings. The van der Waals surface area contributed by atoms with Crippen LogP contribution in [0.1, 0.15) is 28.3 Å². The number of hydrogen-bond acceptors (Lipinski definition) is 6. The Kier molecular flexibility index (Phi) is 5.12. The minimum absolute atomic E-state index is 0.00194. The van der Waals surface area contributed by atoms with Crippen molar-refractivity contribution in [3.8, 4) is 0 Å². The summed E-state index contributed by atoms with van der Waals surface area (Å²) in [5.41, 5.74) is 6.60. The van der Waals surface area contributed by atoms with Gasteiger partial charge in [-0.2, -0.15) is 0 Å². The molecule has 0 unspecified atom stereocenters. The average Bonchev–Trinajstić information content (AvgIpc) is 3.20. The van der Waals surface area contributed by atoms with Gasteiger partial charge in [0.2, 0.25) is 5.91 Å². The fourth-order valence-electron chi connectivity index (χ4n) is 2.39. The van der Waals surface area contributed by atoms with E-state index < -0.39 is 5.91 Å². The van der Waals surface area contributed by atoms with Gasteiger partial charge in [-0.25, -0.2) is 4.98 Å². The van der Waals surface area contributed by atoms with Crippen LogP contribution in [0.3, 0.4) is 0 Å². The van der Waals surface area contributed by atoms with Crippen molar-refractivity contribution in [3.63, 3.8) is 0 Å². The van der Waals surface area contributed by atoms with E-state index in [9.17, 15) is 9.59 Å². The van der Waals surface area contributed by atoms with E-state index in [2.05, 4.69) is 10.3 Å². The van der Waals surface area contributed by atoms with E-state index in [1.807, 2.05) is 43.1 Å². The number of thiophene rings is 1. The maximum atomic E-state index is 12.3. The molecular weight excluding hydrogens is 356 g/mol. The van der Waals surface area contributed by atoms with E-state index in [-0.39, 0.29) is 18.5 Å². The fraction of sp³-hybridized carbons (Fsp3) is 0.235. The number of para-hydroxylation sites is 1. The summed E-state index contributed by atoms with van der Waals surface area (Å²) in [5, 5.41) is 5.93. The molecule has 1 atom stereocenters. The first-order chi connectivity index (χ1) is 12.0. The smallest absolute Gasteiger partial charge is 0.251 e. The first-order valence-corrected chi connectivity index (χ1v) is 9.38. The molecule has 0 radical (unpaired) electrons. The second kappa shape index (κ2) is 7.30. The van der Waals surface area contributed by atoms with E-state index in [1.165, 1.54) is 11.3 Å². The third-order valence-corrected chi connectivity index (χ3v) is 5.94. The van der Waals surface area contributed by atoms with Gasteiger partial charge in [-0.15, -0.1) is 22.7 Å². The zero-order valence-electron chi connectivity index (χ0n) is 13.9. The Bertz CT molecular complexity index is 885. The highest BCUT2D eigenvalue weighted by molar-refractivity contribution is 7.18. The number of carbonyl (C=O) groups excluding carboxylic acids is 2. The van der Waals surface area contributed by atoms with Crippen molar-refractivity contribution in [2.75, 3.05) is 18.9 Å². The molecule has 0 aliphatic heterocycles. The lowest BCUT2D eigenvalue weighted by atomic mass is 10.3. The number of primary amides is 1. The summed E-state index contributed by atoms with van der Waals surface area (Å²) in [6.45, 7) is 2.21. The number of nitrogens with one attached hydrogen (secondary N) is 1. The van der Waals surface area contributed by atoms with Crippen molar-refractivity contribution < 1.29 is 9.59 Å². The van der Waals surface area contributed by atoms with Gasteiger partial charge in [0.1, 0.15) is 10.0 Å². The van der Waals surface area contributed by atoms with Crippen LogP contribution in [0, 0.1) is 0 Å². The molecule has 1 aromatic carbocycles. The topological polar surface area (TPSA) is 88.3 Å². The molecule has 2 amide bonds. The van der Waals surface area contributed by atoms with Crippen LogP contribution in [0.5, 0.6) is 0 Å². The predicted molar refractivity (Wildman–Crippen MR) is 102 cm³/mol. The standard InChI is InChI=1S/C17H18N4O2S2/c1-10(16-19-12-5-3-4-6-13(12)25-16)21(2)9-14(22)20-17-11(15(18)23)7-8-24-17/h3-8,10H,9H2,1-2H3,(H2,18,23)(H,20,22)/t10-/m1/s1. The number of benzene rings is 1. The minimum Gasteiger partial charge on any atom is -0.366 e. The number of aromatic nitrogens is 1. The Hall–Kier alpha value is -2.29. The molecule has 0 saturated carbocycles. The van der Waals surface area contributed by atoms with Crippen LogP contribution in [0.2, 0.25) is 0 Å². The molecular formula is C17H18N4O2S2. The van der Waals surface area contributed by atoms with Crippen LogP contribution >= 0.6 is 22.7 Å². The van der Waals surface area contributed by atoms with E-state index in [1.54, 1.807) is 22.8 Å². The van der Waals surface area contributed by atoms with Crippen molar-refractivity contribution in [1.29, 1.82) is 0 Å². The molecule has 0 bridgehead atoms. The van der Waals surface area contributed by atoms with Crippen LogP contribution in [-0.4, -0.2) is 35.3 Å². The molecule has 130 valence electrons. The van der Waals surface area contributed by atoms with Gasteiger partial charge >= 0.3 is 0 Å².